The fourth-order valence-electron chi connectivity index (χ4n) is 4.64. The molecule has 6 rings (SSSR count). The maximum absolute atomic E-state index is 11.1. The zero-order chi connectivity index (χ0) is 26.2. The van der Waals surface area contributed by atoms with Gasteiger partial charge in [0, 0.05) is 39.5 Å². The van der Waals surface area contributed by atoms with Gasteiger partial charge >= 0.3 is 0 Å². The van der Waals surface area contributed by atoms with E-state index in [1.165, 1.54) is 12.1 Å². The van der Waals surface area contributed by atoms with Gasteiger partial charge in [0.2, 0.25) is 5.95 Å². The lowest BCUT2D eigenvalue weighted by Gasteiger charge is -2.23. The molecule has 0 radical (unpaired) electrons. The van der Waals surface area contributed by atoms with E-state index in [2.05, 4.69) is 0 Å². The number of nitrogens with zero attached hydrogens (tertiary/aromatic N) is 5. The number of non-ortho nitro benzene ring substituents is 1. The molecule has 1 aliphatic rings. The van der Waals surface area contributed by atoms with E-state index in [0.29, 0.717) is 22.4 Å². The fraction of sp³-hybridized carbons (Fsp3) is 0.0690. The van der Waals surface area contributed by atoms with Crippen LogP contribution in [-0.4, -0.2) is 20.6 Å². The molecule has 0 amide bonds. The number of halogens is 2. The number of aromatic nitrogens is 2. The molecule has 5 aromatic rings. The van der Waals surface area contributed by atoms with E-state index in [1.807, 2.05) is 66.7 Å². The Hall–Kier alpha value is -4.33. The standard InChI is InChI=1S/C29H19Cl2N5O2/c30-20-12-15-25-23(16-20)28(19-6-2-1-3-7-19)33-29(32-25)35-27(22-8-4-5-9-24(22)31)17-26(34-35)18-10-13-21(14-11-18)36(37)38/h1-16,27H,17H2/t27-/m1/s1. The second-order valence-electron chi connectivity index (χ2n) is 8.84. The van der Waals surface area contributed by atoms with Crippen molar-refractivity contribution in [3.63, 3.8) is 0 Å². The predicted molar refractivity (Wildman–Crippen MR) is 151 cm³/mol. The minimum Gasteiger partial charge on any atom is -0.258 e. The van der Waals surface area contributed by atoms with Gasteiger partial charge in [0.1, 0.15) is 0 Å². The average molecular weight is 540 g/mol. The fourth-order valence-corrected chi connectivity index (χ4v) is 5.07. The first-order valence-electron chi connectivity index (χ1n) is 11.9. The molecule has 0 saturated carbocycles. The number of rotatable bonds is 5. The summed E-state index contributed by atoms with van der Waals surface area (Å²) in [6.45, 7) is 0. The molecule has 186 valence electrons. The molecule has 38 heavy (non-hydrogen) atoms. The van der Waals surface area contributed by atoms with Gasteiger partial charge in [0.15, 0.2) is 0 Å². The van der Waals surface area contributed by atoms with Gasteiger partial charge in [-0.15, -0.1) is 0 Å². The normalized spacial score (nSPS) is 15.1. The van der Waals surface area contributed by atoms with Crippen LogP contribution in [0.4, 0.5) is 11.6 Å². The van der Waals surface area contributed by atoms with Gasteiger partial charge < -0.3 is 0 Å². The zero-order valence-electron chi connectivity index (χ0n) is 19.8. The highest BCUT2D eigenvalue weighted by Gasteiger charge is 2.33. The van der Waals surface area contributed by atoms with Crippen molar-refractivity contribution in [2.45, 2.75) is 12.5 Å². The first-order chi connectivity index (χ1) is 18.5. The van der Waals surface area contributed by atoms with Crippen LogP contribution in [0, 0.1) is 10.1 Å². The average Bonchev–Trinajstić information content (AvgIpc) is 3.38. The highest BCUT2D eigenvalue weighted by atomic mass is 35.5. The minimum absolute atomic E-state index is 0.0240. The van der Waals surface area contributed by atoms with Crippen molar-refractivity contribution >= 4 is 51.5 Å². The summed E-state index contributed by atoms with van der Waals surface area (Å²) in [5.74, 6) is 0.417. The molecule has 0 unspecified atom stereocenters. The predicted octanol–water partition coefficient (Wildman–Crippen LogP) is 7.87. The van der Waals surface area contributed by atoms with Crippen LogP contribution < -0.4 is 5.01 Å². The summed E-state index contributed by atoms with van der Waals surface area (Å²) in [4.78, 5) is 20.6. The number of hydrogen-bond acceptors (Lipinski definition) is 6. The Bertz CT molecular complexity index is 1710. The van der Waals surface area contributed by atoms with Crippen LogP contribution >= 0.6 is 23.2 Å². The quantitative estimate of drug-likeness (QED) is 0.167. The van der Waals surface area contributed by atoms with Gasteiger partial charge in [-0.05, 0) is 47.5 Å². The van der Waals surface area contributed by atoms with Crippen molar-refractivity contribution < 1.29 is 4.92 Å². The number of hydrazone groups is 1. The van der Waals surface area contributed by atoms with Crippen molar-refractivity contribution in [1.29, 1.82) is 0 Å². The van der Waals surface area contributed by atoms with Crippen molar-refractivity contribution in [2.24, 2.45) is 5.10 Å². The molecule has 7 nitrogen and oxygen atoms in total. The number of fused-ring (bicyclic) bond motifs is 1. The van der Waals surface area contributed by atoms with Crippen LogP contribution in [-0.2, 0) is 0 Å². The van der Waals surface area contributed by atoms with E-state index in [-0.39, 0.29) is 11.7 Å². The molecule has 1 atom stereocenters. The second-order valence-corrected chi connectivity index (χ2v) is 9.68. The summed E-state index contributed by atoms with van der Waals surface area (Å²) in [5, 5.41) is 19.9. The largest absolute Gasteiger partial charge is 0.269 e. The van der Waals surface area contributed by atoms with Gasteiger partial charge in [0.05, 0.1) is 27.9 Å². The summed E-state index contributed by atoms with van der Waals surface area (Å²) in [6, 6.07) is 29.1. The van der Waals surface area contributed by atoms with Crippen LogP contribution in [0.1, 0.15) is 23.6 Å². The van der Waals surface area contributed by atoms with Crippen molar-refractivity contribution in [3.05, 3.63) is 128 Å². The van der Waals surface area contributed by atoms with Gasteiger partial charge in [-0.3, -0.25) is 10.1 Å². The smallest absolute Gasteiger partial charge is 0.258 e. The molecule has 1 aromatic heterocycles. The highest BCUT2D eigenvalue weighted by molar-refractivity contribution is 6.31. The maximum Gasteiger partial charge on any atom is 0.269 e. The minimum atomic E-state index is -0.417. The molecule has 0 N–H and O–H groups in total. The lowest BCUT2D eigenvalue weighted by atomic mass is 9.98. The van der Waals surface area contributed by atoms with Crippen molar-refractivity contribution in [3.8, 4) is 11.3 Å². The molecule has 0 bridgehead atoms. The van der Waals surface area contributed by atoms with Crippen molar-refractivity contribution in [2.75, 3.05) is 5.01 Å². The van der Waals surface area contributed by atoms with Crippen LogP contribution in [0.5, 0.6) is 0 Å². The summed E-state index contributed by atoms with van der Waals surface area (Å²) >= 11 is 13.0. The number of nitro benzene ring substituents is 1. The summed E-state index contributed by atoms with van der Waals surface area (Å²) in [7, 11) is 0. The molecule has 1 aliphatic heterocycles. The van der Waals surface area contributed by atoms with Gasteiger partial charge in [-0.25, -0.2) is 15.0 Å². The first-order valence-corrected chi connectivity index (χ1v) is 12.6. The SMILES string of the molecule is O=[N+]([O-])c1ccc(C2=NN(c3nc(-c4ccccc4)c4cc(Cl)ccc4n3)[C@@H](c3ccccc3Cl)C2)cc1. The molecule has 4 aromatic carbocycles. The first kappa shape index (κ1) is 24.0. The molecule has 0 fully saturated rings. The number of nitro groups is 1. The Kier molecular flexibility index (Phi) is 6.23. The highest BCUT2D eigenvalue weighted by Crippen LogP contribution is 2.40. The van der Waals surface area contributed by atoms with E-state index < -0.39 is 4.92 Å². The third-order valence-corrected chi connectivity index (χ3v) is 7.06. The summed E-state index contributed by atoms with van der Waals surface area (Å²) in [5.41, 5.74) is 4.85. The van der Waals surface area contributed by atoms with E-state index in [0.717, 1.165) is 39.0 Å². The Labute approximate surface area is 228 Å². The van der Waals surface area contributed by atoms with E-state index >= 15 is 0 Å². The maximum atomic E-state index is 11.1. The van der Waals surface area contributed by atoms with Gasteiger partial charge in [-0.2, -0.15) is 5.10 Å². The molecule has 0 spiro atoms. The van der Waals surface area contributed by atoms with Crippen LogP contribution in [0.15, 0.2) is 102 Å². The molecule has 2 heterocycles. The molecule has 0 aliphatic carbocycles. The van der Waals surface area contributed by atoms with Crippen LogP contribution in [0.2, 0.25) is 10.0 Å². The topological polar surface area (TPSA) is 84.5 Å². The van der Waals surface area contributed by atoms with E-state index in [1.54, 1.807) is 23.2 Å². The Balaban J connectivity index is 1.53. The summed E-state index contributed by atoms with van der Waals surface area (Å²) < 4.78 is 0. The molecule has 0 saturated heterocycles. The summed E-state index contributed by atoms with van der Waals surface area (Å²) in [6.07, 6.45) is 0.518. The van der Waals surface area contributed by atoms with E-state index in [4.69, 9.17) is 38.3 Å². The Morgan fingerprint density at radius 1 is 0.842 bits per heavy atom. The third kappa shape index (κ3) is 4.47. The lowest BCUT2D eigenvalue weighted by Crippen LogP contribution is -2.21. The Morgan fingerprint density at radius 3 is 2.32 bits per heavy atom. The monoisotopic (exact) mass is 539 g/mol. The molecule has 9 heteroatoms. The zero-order valence-corrected chi connectivity index (χ0v) is 21.3. The lowest BCUT2D eigenvalue weighted by molar-refractivity contribution is -0.384. The van der Waals surface area contributed by atoms with Gasteiger partial charge in [-0.1, -0.05) is 71.7 Å². The van der Waals surface area contributed by atoms with E-state index in [9.17, 15) is 10.1 Å². The number of hydrogen-bond donors (Lipinski definition) is 0. The van der Waals surface area contributed by atoms with Gasteiger partial charge in [0.25, 0.3) is 5.69 Å². The Morgan fingerprint density at radius 2 is 1.58 bits per heavy atom. The third-order valence-electron chi connectivity index (χ3n) is 6.48. The number of benzene rings is 4. The van der Waals surface area contributed by atoms with Crippen LogP contribution in [0.3, 0.4) is 0 Å². The number of anilines is 1. The molecular weight excluding hydrogens is 521 g/mol. The molecular formula is C29H19Cl2N5O2. The van der Waals surface area contributed by atoms with Crippen LogP contribution in [0.25, 0.3) is 22.2 Å². The van der Waals surface area contributed by atoms with Crippen molar-refractivity contribution in [1.82, 2.24) is 9.97 Å². The second kappa shape index (κ2) is 9.85.